The van der Waals surface area contributed by atoms with Crippen molar-refractivity contribution in [2.75, 3.05) is 6.54 Å². The Kier molecular flexibility index (Phi) is 4.67. The van der Waals surface area contributed by atoms with E-state index in [0.29, 0.717) is 6.42 Å². The summed E-state index contributed by atoms with van der Waals surface area (Å²) in [5.74, 6) is 0.123. The molecule has 0 aliphatic heterocycles. The molecule has 1 rings (SSSR count). The second-order valence-corrected chi connectivity index (χ2v) is 6.11. The third-order valence-corrected chi connectivity index (χ3v) is 3.91. The highest BCUT2D eigenvalue weighted by atomic mass is 32.2. The van der Waals surface area contributed by atoms with Crippen molar-refractivity contribution in [2.45, 2.75) is 31.3 Å². The van der Waals surface area contributed by atoms with Crippen LogP contribution in [0.1, 0.15) is 20.3 Å². The van der Waals surface area contributed by atoms with Crippen LogP contribution in [0.25, 0.3) is 0 Å². The molecule has 0 aliphatic rings. The average molecular weight is 261 g/mol. The van der Waals surface area contributed by atoms with Gasteiger partial charge < -0.3 is 5.11 Å². The first-order valence-electron chi connectivity index (χ1n) is 5.49. The Bertz CT molecular complexity index is 453. The molecule has 0 spiro atoms. The van der Waals surface area contributed by atoms with E-state index in [0.717, 1.165) is 0 Å². The Hall–Kier alpha value is -0.920. The topological polar surface area (TPSA) is 84.2 Å². The number of sulfonamides is 1. The second kappa shape index (κ2) is 5.61. The first-order valence-corrected chi connectivity index (χ1v) is 6.97. The van der Waals surface area contributed by atoms with Gasteiger partial charge in [-0.2, -0.15) is 5.10 Å². The van der Waals surface area contributed by atoms with E-state index < -0.39 is 16.1 Å². The lowest BCUT2D eigenvalue weighted by Gasteiger charge is -2.14. The van der Waals surface area contributed by atoms with E-state index >= 15 is 0 Å². The molecule has 1 aromatic rings. The van der Waals surface area contributed by atoms with Crippen molar-refractivity contribution in [3.63, 3.8) is 0 Å². The van der Waals surface area contributed by atoms with Gasteiger partial charge in [0.05, 0.1) is 12.3 Å². The Labute approximate surface area is 102 Å². The third kappa shape index (κ3) is 4.10. The molecule has 0 saturated heterocycles. The van der Waals surface area contributed by atoms with E-state index in [4.69, 9.17) is 0 Å². The fourth-order valence-corrected chi connectivity index (χ4v) is 2.33. The molecule has 0 radical (unpaired) electrons. The molecule has 2 N–H and O–H groups in total. The minimum Gasteiger partial charge on any atom is -0.393 e. The molecule has 0 saturated carbocycles. The third-order valence-electron chi connectivity index (χ3n) is 2.49. The van der Waals surface area contributed by atoms with Gasteiger partial charge >= 0.3 is 0 Å². The van der Waals surface area contributed by atoms with Crippen LogP contribution in [-0.2, 0) is 17.1 Å². The molecule has 1 aromatic heterocycles. The van der Waals surface area contributed by atoms with E-state index in [2.05, 4.69) is 9.82 Å². The summed E-state index contributed by atoms with van der Waals surface area (Å²) in [7, 11) is -1.85. The van der Waals surface area contributed by atoms with Gasteiger partial charge in [-0.3, -0.25) is 4.68 Å². The highest BCUT2D eigenvalue weighted by Crippen LogP contribution is 2.08. The van der Waals surface area contributed by atoms with E-state index in [1.165, 1.54) is 17.1 Å². The molecule has 0 aromatic carbocycles. The minimum absolute atomic E-state index is 0.123. The summed E-state index contributed by atoms with van der Waals surface area (Å²) in [4.78, 5) is 0.138. The predicted molar refractivity (Wildman–Crippen MR) is 63.9 cm³/mol. The SMILES string of the molecule is CC(C)C(O)CCNS(=O)(=O)c1cnn(C)c1. The molecule has 17 heavy (non-hydrogen) atoms. The molecule has 1 unspecified atom stereocenters. The normalized spacial score (nSPS) is 14.2. The maximum Gasteiger partial charge on any atom is 0.243 e. The van der Waals surface area contributed by atoms with Crippen LogP contribution in [0.5, 0.6) is 0 Å². The number of hydrogen-bond donors (Lipinski definition) is 2. The van der Waals surface area contributed by atoms with Gasteiger partial charge in [-0.15, -0.1) is 0 Å². The van der Waals surface area contributed by atoms with Crippen LogP contribution in [0.3, 0.4) is 0 Å². The van der Waals surface area contributed by atoms with Gasteiger partial charge in [0.15, 0.2) is 0 Å². The summed E-state index contributed by atoms with van der Waals surface area (Å²) in [6.45, 7) is 4.00. The number of rotatable bonds is 6. The van der Waals surface area contributed by atoms with Crippen LogP contribution in [0.4, 0.5) is 0 Å². The molecule has 0 amide bonds. The smallest absolute Gasteiger partial charge is 0.243 e. The Balaban J connectivity index is 2.52. The van der Waals surface area contributed by atoms with E-state index in [1.807, 2.05) is 13.8 Å². The molecule has 0 bridgehead atoms. The van der Waals surface area contributed by atoms with Crippen molar-refractivity contribution < 1.29 is 13.5 Å². The number of nitrogens with zero attached hydrogens (tertiary/aromatic N) is 2. The lowest BCUT2D eigenvalue weighted by atomic mass is 10.1. The van der Waals surface area contributed by atoms with Gasteiger partial charge in [0.1, 0.15) is 4.90 Å². The second-order valence-electron chi connectivity index (χ2n) is 4.35. The molecule has 0 fully saturated rings. The number of aryl methyl sites for hydroxylation is 1. The van der Waals surface area contributed by atoms with Gasteiger partial charge in [0.2, 0.25) is 10.0 Å². The van der Waals surface area contributed by atoms with Gasteiger partial charge in [-0.05, 0) is 12.3 Å². The van der Waals surface area contributed by atoms with Crippen LogP contribution in [0.2, 0.25) is 0 Å². The zero-order valence-corrected chi connectivity index (χ0v) is 11.1. The van der Waals surface area contributed by atoms with Crippen LogP contribution >= 0.6 is 0 Å². The fraction of sp³-hybridized carbons (Fsp3) is 0.700. The number of aliphatic hydroxyl groups is 1. The number of aromatic nitrogens is 2. The van der Waals surface area contributed by atoms with Gasteiger partial charge in [-0.1, -0.05) is 13.8 Å². The number of nitrogens with one attached hydrogen (secondary N) is 1. The number of aliphatic hydroxyl groups excluding tert-OH is 1. The highest BCUT2D eigenvalue weighted by Gasteiger charge is 2.16. The molecule has 1 atom stereocenters. The van der Waals surface area contributed by atoms with Crippen molar-refractivity contribution in [3.8, 4) is 0 Å². The Morgan fingerprint density at radius 2 is 2.18 bits per heavy atom. The summed E-state index contributed by atoms with van der Waals surface area (Å²) in [6, 6.07) is 0. The zero-order chi connectivity index (χ0) is 13.1. The van der Waals surface area contributed by atoms with Crippen molar-refractivity contribution in [2.24, 2.45) is 13.0 Å². The van der Waals surface area contributed by atoms with Crippen molar-refractivity contribution in [3.05, 3.63) is 12.4 Å². The molecule has 6 nitrogen and oxygen atoms in total. The maximum atomic E-state index is 11.8. The largest absolute Gasteiger partial charge is 0.393 e. The molecule has 0 aliphatic carbocycles. The van der Waals surface area contributed by atoms with Crippen molar-refractivity contribution in [1.82, 2.24) is 14.5 Å². The van der Waals surface area contributed by atoms with Crippen LogP contribution < -0.4 is 4.72 Å². The fourth-order valence-electron chi connectivity index (χ4n) is 1.30. The van der Waals surface area contributed by atoms with Crippen LogP contribution in [0, 0.1) is 5.92 Å². The standard InChI is InChI=1S/C10H19N3O3S/c1-8(2)10(14)4-5-12-17(15,16)9-6-11-13(3)7-9/h6-8,10,12,14H,4-5H2,1-3H3. The predicted octanol–water partition coefficient (Wildman–Crippen LogP) is 0.105. The maximum absolute atomic E-state index is 11.8. The summed E-state index contributed by atoms with van der Waals surface area (Å²) in [5, 5.41) is 13.3. The molecule has 1 heterocycles. The molecule has 7 heteroatoms. The molecular formula is C10H19N3O3S. The van der Waals surface area contributed by atoms with Crippen molar-refractivity contribution in [1.29, 1.82) is 0 Å². The molecular weight excluding hydrogens is 242 g/mol. The van der Waals surface area contributed by atoms with Crippen LogP contribution in [0.15, 0.2) is 17.3 Å². The summed E-state index contributed by atoms with van der Waals surface area (Å²) in [5.41, 5.74) is 0. The zero-order valence-electron chi connectivity index (χ0n) is 10.3. The monoisotopic (exact) mass is 261 g/mol. The minimum atomic E-state index is -3.51. The highest BCUT2D eigenvalue weighted by molar-refractivity contribution is 7.89. The van der Waals surface area contributed by atoms with E-state index in [9.17, 15) is 13.5 Å². The van der Waals surface area contributed by atoms with E-state index in [-0.39, 0.29) is 17.4 Å². The van der Waals surface area contributed by atoms with Gasteiger partial charge in [-0.25, -0.2) is 13.1 Å². The Morgan fingerprint density at radius 3 is 2.65 bits per heavy atom. The van der Waals surface area contributed by atoms with Gasteiger partial charge in [0, 0.05) is 19.8 Å². The number of hydrogen-bond acceptors (Lipinski definition) is 4. The first kappa shape index (κ1) is 14.1. The first-order chi connectivity index (χ1) is 7.83. The van der Waals surface area contributed by atoms with Crippen LogP contribution in [-0.4, -0.2) is 36.0 Å². The Morgan fingerprint density at radius 1 is 1.53 bits per heavy atom. The van der Waals surface area contributed by atoms with E-state index in [1.54, 1.807) is 7.05 Å². The average Bonchev–Trinajstić information content (AvgIpc) is 2.65. The van der Waals surface area contributed by atoms with Crippen molar-refractivity contribution >= 4 is 10.0 Å². The summed E-state index contributed by atoms with van der Waals surface area (Å²) < 4.78 is 27.4. The lowest BCUT2D eigenvalue weighted by molar-refractivity contribution is 0.118. The molecule has 98 valence electrons. The summed E-state index contributed by atoms with van der Waals surface area (Å²) in [6.07, 6.45) is 2.63. The quantitative estimate of drug-likeness (QED) is 0.761. The lowest BCUT2D eigenvalue weighted by Crippen LogP contribution is -2.28. The summed E-state index contributed by atoms with van der Waals surface area (Å²) >= 11 is 0. The van der Waals surface area contributed by atoms with Gasteiger partial charge in [0.25, 0.3) is 0 Å².